The van der Waals surface area contributed by atoms with Gasteiger partial charge in [-0.25, -0.2) is 4.39 Å². The average molecular weight is 390 g/mol. The van der Waals surface area contributed by atoms with Crippen molar-refractivity contribution in [1.29, 1.82) is 0 Å². The van der Waals surface area contributed by atoms with E-state index in [1.54, 1.807) is 12.1 Å². The maximum Gasteiger partial charge on any atom is 0.225 e. The van der Waals surface area contributed by atoms with Crippen LogP contribution in [0.5, 0.6) is 5.75 Å². The summed E-state index contributed by atoms with van der Waals surface area (Å²) in [5, 5.41) is 0. The fourth-order valence-corrected chi connectivity index (χ4v) is 4.20. The topological polar surface area (TPSA) is 49.9 Å². The highest BCUT2D eigenvalue weighted by atomic mass is 19.1. The molecule has 0 bridgehead atoms. The Morgan fingerprint density at radius 1 is 1.04 bits per heavy atom. The van der Waals surface area contributed by atoms with Crippen LogP contribution in [0.3, 0.4) is 0 Å². The fraction of sp³-hybridized carbons (Fsp3) is 0.636. The van der Waals surface area contributed by atoms with Crippen LogP contribution >= 0.6 is 0 Å². The summed E-state index contributed by atoms with van der Waals surface area (Å²) in [4.78, 5) is 29.2. The Hall–Kier alpha value is -2.11. The molecule has 154 valence electrons. The first-order valence-corrected chi connectivity index (χ1v) is 10.5. The minimum absolute atomic E-state index is 0.0536. The second-order valence-electron chi connectivity index (χ2n) is 7.86. The molecule has 0 aromatic heterocycles. The summed E-state index contributed by atoms with van der Waals surface area (Å²) in [5.74, 6) is 0.226. The van der Waals surface area contributed by atoms with E-state index < -0.39 is 5.82 Å². The first-order valence-electron chi connectivity index (χ1n) is 10.5. The molecule has 6 heteroatoms. The van der Waals surface area contributed by atoms with Crippen molar-refractivity contribution in [3.05, 3.63) is 29.6 Å². The van der Waals surface area contributed by atoms with Crippen LogP contribution < -0.4 is 4.74 Å². The molecule has 2 fully saturated rings. The summed E-state index contributed by atoms with van der Waals surface area (Å²) in [7, 11) is 1.43. The molecular weight excluding hydrogens is 359 g/mol. The number of aryl methyl sites for hydroxylation is 1. The molecule has 2 saturated heterocycles. The van der Waals surface area contributed by atoms with Crippen LogP contribution in [0.1, 0.15) is 50.5 Å². The van der Waals surface area contributed by atoms with Gasteiger partial charge in [0.2, 0.25) is 11.8 Å². The number of halogens is 1. The van der Waals surface area contributed by atoms with Gasteiger partial charge in [0.25, 0.3) is 0 Å². The van der Waals surface area contributed by atoms with E-state index in [2.05, 4.69) is 0 Å². The van der Waals surface area contributed by atoms with Crippen LogP contribution in [0, 0.1) is 11.7 Å². The maximum absolute atomic E-state index is 13.8. The molecule has 0 N–H and O–H groups in total. The van der Waals surface area contributed by atoms with Gasteiger partial charge < -0.3 is 14.5 Å². The Bertz CT molecular complexity index is 678. The third kappa shape index (κ3) is 5.24. The lowest BCUT2D eigenvalue weighted by molar-refractivity contribution is -0.140. The van der Waals surface area contributed by atoms with Crippen LogP contribution in [0.4, 0.5) is 4.39 Å². The molecule has 0 atom stereocenters. The van der Waals surface area contributed by atoms with Crippen LogP contribution in [0.25, 0.3) is 0 Å². The molecule has 28 heavy (non-hydrogen) atoms. The second-order valence-corrected chi connectivity index (χ2v) is 7.86. The molecule has 2 amide bonds. The normalized spacial score (nSPS) is 18.6. The van der Waals surface area contributed by atoms with Crippen molar-refractivity contribution in [3.8, 4) is 5.75 Å². The van der Waals surface area contributed by atoms with Gasteiger partial charge in [-0.2, -0.15) is 0 Å². The predicted octanol–water partition coefficient (Wildman–Crippen LogP) is 3.41. The van der Waals surface area contributed by atoms with Gasteiger partial charge in [0.05, 0.1) is 7.11 Å². The fourth-order valence-electron chi connectivity index (χ4n) is 4.20. The number of carbonyl (C=O) groups is 2. The molecule has 0 saturated carbocycles. The number of hydrogen-bond donors (Lipinski definition) is 0. The van der Waals surface area contributed by atoms with Crippen molar-refractivity contribution in [3.63, 3.8) is 0 Å². The van der Waals surface area contributed by atoms with E-state index in [9.17, 15) is 14.0 Å². The smallest absolute Gasteiger partial charge is 0.225 e. The first kappa shape index (κ1) is 20.6. The molecule has 0 unspecified atom stereocenters. The van der Waals surface area contributed by atoms with E-state index in [0.717, 1.165) is 44.3 Å². The van der Waals surface area contributed by atoms with Crippen LogP contribution in [-0.4, -0.2) is 54.9 Å². The number of nitrogens with zero attached hydrogens (tertiary/aromatic N) is 2. The number of methoxy groups -OCH3 is 1. The first-order chi connectivity index (χ1) is 13.6. The van der Waals surface area contributed by atoms with Gasteiger partial charge in [-0.05, 0) is 49.8 Å². The quantitative estimate of drug-likeness (QED) is 0.774. The predicted molar refractivity (Wildman–Crippen MR) is 106 cm³/mol. The summed E-state index contributed by atoms with van der Waals surface area (Å²) in [6.45, 7) is 3.05. The molecule has 2 heterocycles. The molecule has 0 spiro atoms. The van der Waals surface area contributed by atoms with Crippen LogP contribution in [0.15, 0.2) is 18.2 Å². The van der Waals surface area contributed by atoms with Gasteiger partial charge in [-0.15, -0.1) is 0 Å². The van der Waals surface area contributed by atoms with Gasteiger partial charge in [-0.3, -0.25) is 9.59 Å². The maximum atomic E-state index is 13.8. The molecule has 5 nitrogen and oxygen atoms in total. The summed E-state index contributed by atoms with van der Waals surface area (Å²) < 4.78 is 18.7. The van der Waals surface area contributed by atoms with Crippen LogP contribution in [0.2, 0.25) is 0 Å². The van der Waals surface area contributed by atoms with E-state index in [-0.39, 0.29) is 23.5 Å². The van der Waals surface area contributed by atoms with Gasteiger partial charge in [0.15, 0.2) is 11.6 Å². The molecule has 3 rings (SSSR count). The third-order valence-electron chi connectivity index (χ3n) is 5.96. The zero-order valence-electron chi connectivity index (χ0n) is 16.8. The zero-order valence-corrected chi connectivity index (χ0v) is 16.8. The van der Waals surface area contributed by atoms with Gasteiger partial charge in [0, 0.05) is 38.5 Å². The third-order valence-corrected chi connectivity index (χ3v) is 5.96. The molecule has 0 aliphatic carbocycles. The number of carbonyl (C=O) groups excluding carboxylic acids is 2. The van der Waals surface area contributed by atoms with E-state index in [0.29, 0.717) is 25.9 Å². The highest BCUT2D eigenvalue weighted by Gasteiger charge is 2.30. The summed E-state index contributed by atoms with van der Waals surface area (Å²) in [6, 6.07) is 4.81. The van der Waals surface area contributed by atoms with Crippen molar-refractivity contribution in [2.24, 2.45) is 5.92 Å². The SMILES string of the molecule is COc1ccc(CCC(=O)N2CCC(C(=O)N3CCCCCC3)CC2)cc1F. The largest absolute Gasteiger partial charge is 0.494 e. The molecule has 2 aliphatic rings. The molecule has 0 radical (unpaired) electrons. The highest BCUT2D eigenvalue weighted by molar-refractivity contribution is 5.80. The molecule has 2 aliphatic heterocycles. The number of benzene rings is 1. The van der Waals surface area contributed by atoms with Crippen molar-refractivity contribution in [2.75, 3.05) is 33.3 Å². The molecule has 1 aromatic carbocycles. The Balaban J connectivity index is 1.44. The Morgan fingerprint density at radius 3 is 2.32 bits per heavy atom. The van der Waals surface area contributed by atoms with Crippen LogP contribution in [-0.2, 0) is 16.0 Å². The molecule has 1 aromatic rings. The van der Waals surface area contributed by atoms with E-state index in [1.165, 1.54) is 26.0 Å². The summed E-state index contributed by atoms with van der Waals surface area (Å²) in [6.07, 6.45) is 7.01. The minimum atomic E-state index is -0.403. The van der Waals surface area contributed by atoms with E-state index in [4.69, 9.17) is 4.74 Å². The summed E-state index contributed by atoms with van der Waals surface area (Å²) in [5.41, 5.74) is 0.790. The monoisotopic (exact) mass is 390 g/mol. The second kappa shape index (κ2) is 9.89. The number of hydrogen-bond acceptors (Lipinski definition) is 3. The lowest BCUT2D eigenvalue weighted by atomic mass is 9.94. The summed E-state index contributed by atoms with van der Waals surface area (Å²) >= 11 is 0. The van der Waals surface area contributed by atoms with E-state index in [1.807, 2.05) is 9.80 Å². The van der Waals surface area contributed by atoms with E-state index >= 15 is 0 Å². The lowest BCUT2D eigenvalue weighted by Crippen LogP contribution is -2.44. The lowest BCUT2D eigenvalue weighted by Gasteiger charge is -2.34. The Labute approximate surface area is 166 Å². The van der Waals surface area contributed by atoms with Crippen molar-refractivity contribution < 1.29 is 18.7 Å². The number of amides is 2. The van der Waals surface area contributed by atoms with Crippen molar-refractivity contribution >= 4 is 11.8 Å². The highest BCUT2D eigenvalue weighted by Crippen LogP contribution is 2.23. The number of piperidine rings is 1. The van der Waals surface area contributed by atoms with Gasteiger partial charge >= 0.3 is 0 Å². The number of ether oxygens (including phenoxy) is 1. The van der Waals surface area contributed by atoms with Gasteiger partial charge in [0.1, 0.15) is 0 Å². The minimum Gasteiger partial charge on any atom is -0.494 e. The Kier molecular flexibility index (Phi) is 7.29. The number of rotatable bonds is 5. The standard InChI is InChI=1S/C22H31FN2O3/c1-28-20-8-6-17(16-19(20)23)7-9-21(26)24-14-10-18(11-15-24)22(27)25-12-4-2-3-5-13-25/h6,8,16,18H,2-5,7,9-15H2,1H3. The zero-order chi connectivity index (χ0) is 19.9. The van der Waals surface area contributed by atoms with Gasteiger partial charge in [-0.1, -0.05) is 18.9 Å². The van der Waals surface area contributed by atoms with Crippen molar-refractivity contribution in [2.45, 2.75) is 51.4 Å². The average Bonchev–Trinajstić information content (AvgIpc) is 3.01. The van der Waals surface area contributed by atoms with Crippen molar-refractivity contribution in [1.82, 2.24) is 9.80 Å². The molecular formula is C22H31FN2O3. The Morgan fingerprint density at radius 2 is 1.71 bits per heavy atom. The number of likely N-dealkylation sites (tertiary alicyclic amines) is 2.